The molecular formula is C12H13NS. The number of hydrogen-bond acceptors (Lipinski definition) is 2. The van der Waals surface area contributed by atoms with Gasteiger partial charge < -0.3 is 4.90 Å². The topological polar surface area (TPSA) is 3.24 Å². The van der Waals surface area contributed by atoms with E-state index in [9.17, 15) is 0 Å². The van der Waals surface area contributed by atoms with Gasteiger partial charge in [0, 0.05) is 11.9 Å². The average Bonchev–Trinajstić information content (AvgIpc) is 2.46. The van der Waals surface area contributed by atoms with Crippen molar-refractivity contribution in [2.75, 3.05) is 11.9 Å². The Hall–Kier alpha value is -1.15. The number of nitrogens with zero attached hydrogens (tertiary/aromatic N) is 1. The molecule has 14 heavy (non-hydrogen) atoms. The summed E-state index contributed by atoms with van der Waals surface area (Å²) in [7, 11) is 2.10. The van der Waals surface area contributed by atoms with Gasteiger partial charge in [0.05, 0.1) is 10.7 Å². The van der Waals surface area contributed by atoms with Gasteiger partial charge in [-0.05, 0) is 24.6 Å². The second kappa shape index (κ2) is 3.54. The van der Waals surface area contributed by atoms with Crippen LogP contribution in [0.25, 0.3) is 0 Å². The second-order valence-corrected chi connectivity index (χ2v) is 4.39. The minimum Gasteiger partial charge on any atom is -0.338 e. The third-order valence-electron chi connectivity index (χ3n) is 2.34. The SMILES string of the molecule is C=CC=C1Sc2cccc(C)c2N1C. The lowest BCUT2D eigenvalue weighted by molar-refractivity contribution is 1.15. The first-order valence-corrected chi connectivity index (χ1v) is 5.39. The maximum Gasteiger partial charge on any atom is 0.0798 e. The molecule has 1 nitrogen and oxygen atoms in total. The molecule has 2 heteroatoms. The highest BCUT2D eigenvalue weighted by Gasteiger charge is 2.22. The van der Waals surface area contributed by atoms with Gasteiger partial charge >= 0.3 is 0 Å². The van der Waals surface area contributed by atoms with Crippen LogP contribution in [0.4, 0.5) is 5.69 Å². The maximum atomic E-state index is 3.73. The van der Waals surface area contributed by atoms with Crippen molar-refractivity contribution in [2.24, 2.45) is 0 Å². The van der Waals surface area contributed by atoms with Gasteiger partial charge in [-0.25, -0.2) is 0 Å². The number of hydrogen-bond donors (Lipinski definition) is 0. The normalized spacial score (nSPS) is 17.3. The van der Waals surface area contributed by atoms with Gasteiger partial charge in [0.15, 0.2) is 0 Å². The molecule has 0 saturated heterocycles. The monoisotopic (exact) mass is 203 g/mol. The Bertz CT molecular complexity index is 407. The first-order chi connectivity index (χ1) is 6.74. The van der Waals surface area contributed by atoms with E-state index in [4.69, 9.17) is 0 Å². The lowest BCUT2D eigenvalue weighted by atomic mass is 10.2. The lowest BCUT2D eigenvalue weighted by Gasteiger charge is -2.14. The molecule has 72 valence electrons. The van der Waals surface area contributed by atoms with E-state index < -0.39 is 0 Å². The number of anilines is 1. The Labute approximate surface area is 89.1 Å². The number of fused-ring (bicyclic) bond motifs is 1. The summed E-state index contributed by atoms with van der Waals surface area (Å²) in [4.78, 5) is 3.55. The van der Waals surface area contributed by atoms with Gasteiger partial charge in [-0.15, -0.1) is 0 Å². The van der Waals surface area contributed by atoms with Gasteiger partial charge in [-0.3, -0.25) is 0 Å². The van der Waals surface area contributed by atoms with Gasteiger partial charge in [-0.2, -0.15) is 0 Å². The van der Waals surface area contributed by atoms with E-state index in [1.54, 1.807) is 11.8 Å². The van der Waals surface area contributed by atoms with E-state index in [1.807, 2.05) is 12.2 Å². The van der Waals surface area contributed by atoms with Crippen molar-refractivity contribution in [3.63, 3.8) is 0 Å². The Balaban J connectivity index is 2.51. The fraction of sp³-hybridized carbons (Fsp3) is 0.167. The third-order valence-corrected chi connectivity index (χ3v) is 3.51. The van der Waals surface area contributed by atoms with E-state index in [0.717, 1.165) is 0 Å². The van der Waals surface area contributed by atoms with Crippen LogP contribution >= 0.6 is 11.8 Å². The van der Waals surface area contributed by atoms with Crippen molar-refractivity contribution in [1.82, 2.24) is 0 Å². The summed E-state index contributed by atoms with van der Waals surface area (Å²) in [6, 6.07) is 6.41. The van der Waals surface area contributed by atoms with Crippen LogP contribution in [0, 0.1) is 6.92 Å². The number of benzene rings is 1. The van der Waals surface area contributed by atoms with Crippen molar-refractivity contribution in [3.8, 4) is 0 Å². The summed E-state index contributed by atoms with van der Waals surface area (Å²) >= 11 is 1.80. The summed E-state index contributed by atoms with van der Waals surface area (Å²) in [5.74, 6) is 0. The van der Waals surface area contributed by atoms with E-state index in [1.165, 1.54) is 21.2 Å². The van der Waals surface area contributed by atoms with Crippen molar-refractivity contribution in [1.29, 1.82) is 0 Å². The van der Waals surface area contributed by atoms with Crippen LogP contribution in [0.5, 0.6) is 0 Å². The predicted octanol–water partition coefficient (Wildman–Crippen LogP) is 3.56. The average molecular weight is 203 g/mol. The molecule has 0 fully saturated rings. The zero-order chi connectivity index (χ0) is 10.1. The second-order valence-electron chi connectivity index (χ2n) is 3.32. The molecule has 0 bridgehead atoms. The molecule has 1 aromatic carbocycles. The number of para-hydroxylation sites is 1. The third kappa shape index (κ3) is 1.36. The van der Waals surface area contributed by atoms with Crippen LogP contribution in [-0.2, 0) is 0 Å². The van der Waals surface area contributed by atoms with Crippen LogP contribution in [0.2, 0.25) is 0 Å². The van der Waals surface area contributed by atoms with Crippen molar-refractivity contribution in [3.05, 3.63) is 47.5 Å². The van der Waals surface area contributed by atoms with Crippen LogP contribution in [-0.4, -0.2) is 7.05 Å². The first-order valence-electron chi connectivity index (χ1n) is 4.58. The quantitative estimate of drug-likeness (QED) is 0.686. The Morgan fingerprint density at radius 1 is 1.43 bits per heavy atom. The van der Waals surface area contributed by atoms with Crippen molar-refractivity contribution >= 4 is 17.4 Å². The molecular weight excluding hydrogens is 190 g/mol. The molecule has 0 aromatic heterocycles. The molecule has 0 spiro atoms. The molecule has 1 aliphatic rings. The molecule has 1 aromatic rings. The number of rotatable bonds is 1. The van der Waals surface area contributed by atoms with Gasteiger partial charge in [0.1, 0.15) is 0 Å². The summed E-state index contributed by atoms with van der Waals surface area (Å²) in [5.41, 5.74) is 2.65. The van der Waals surface area contributed by atoms with Crippen LogP contribution in [0.3, 0.4) is 0 Å². The molecule has 1 heterocycles. The van der Waals surface area contributed by atoms with Crippen molar-refractivity contribution in [2.45, 2.75) is 11.8 Å². The number of aryl methyl sites for hydroxylation is 1. The zero-order valence-electron chi connectivity index (χ0n) is 8.45. The highest BCUT2D eigenvalue weighted by atomic mass is 32.2. The van der Waals surface area contributed by atoms with E-state index in [2.05, 4.69) is 43.6 Å². The highest BCUT2D eigenvalue weighted by Crippen LogP contribution is 2.46. The van der Waals surface area contributed by atoms with Gasteiger partial charge in [0.2, 0.25) is 0 Å². The fourth-order valence-corrected chi connectivity index (χ4v) is 2.84. The zero-order valence-corrected chi connectivity index (χ0v) is 9.27. The Morgan fingerprint density at radius 3 is 2.86 bits per heavy atom. The first kappa shape index (κ1) is 9.41. The van der Waals surface area contributed by atoms with Crippen LogP contribution in [0.1, 0.15) is 5.56 Å². The van der Waals surface area contributed by atoms with Crippen molar-refractivity contribution < 1.29 is 0 Å². The summed E-state index contributed by atoms with van der Waals surface area (Å²) in [5, 5.41) is 1.24. The molecule has 0 unspecified atom stereocenters. The highest BCUT2D eigenvalue weighted by molar-refractivity contribution is 8.03. The summed E-state index contributed by atoms with van der Waals surface area (Å²) < 4.78 is 0. The predicted molar refractivity (Wildman–Crippen MR) is 63.7 cm³/mol. The Kier molecular flexibility index (Phi) is 2.38. The minimum absolute atomic E-state index is 1.24. The van der Waals surface area contributed by atoms with Crippen LogP contribution in [0.15, 0.2) is 46.9 Å². The lowest BCUT2D eigenvalue weighted by Crippen LogP contribution is -2.10. The van der Waals surface area contributed by atoms with E-state index in [-0.39, 0.29) is 0 Å². The van der Waals surface area contributed by atoms with E-state index in [0.29, 0.717) is 0 Å². The van der Waals surface area contributed by atoms with Crippen LogP contribution < -0.4 is 4.90 Å². The largest absolute Gasteiger partial charge is 0.338 e. The van der Waals surface area contributed by atoms with E-state index >= 15 is 0 Å². The molecule has 0 N–H and O–H groups in total. The maximum absolute atomic E-state index is 3.73. The summed E-state index contributed by atoms with van der Waals surface area (Å²) in [6.45, 7) is 5.87. The molecule has 0 aliphatic carbocycles. The molecule has 0 saturated carbocycles. The molecule has 0 amide bonds. The Morgan fingerprint density at radius 2 is 2.21 bits per heavy atom. The number of thioether (sulfide) groups is 1. The van der Waals surface area contributed by atoms with Gasteiger partial charge in [0.25, 0.3) is 0 Å². The smallest absolute Gasteiger partial charge is 0.0798 e. The van der Waals surface area contributed by atoms with Gasteiger partial charge in [-0.1, -0.05) is 36.5 Å². The number of allylic oxidation sites excluding steroid dienone is 2. The summed E-state index contributed by atoms with van der Waals surface area (Å²) in [6.07, 6.45) is 3.88. The molecule has 1 aliphatic heterocycles. The molecule has 0 atom stereocenters. The fourth-order valence-electron chi connectivity index (χ4n) is 1.68. The standard InChI is InChI=1S/C12H13NS/c1-4-6-11-13(3)12-9(2)7-5-8-10(12)14-11/h4-8H,1H2,2-3H3. The molecule has 0 radical (unpaired) electrons. The molecule has 2 rings (SSSR count). The minimum atomic E-state index is 1.24.